The maximum Gasteiger partial charge on any atom is 0.329 e. The van der Waals surface area contributed by atoms with Crippen molar-refractivity contribution >= 4 is 21.6 Å². The average Bonchev–Trinajstić information content (AvgIpc) is 2.90. The van der Waals surface area contributed by atoms with E-state index < -0.39 is 0 Å². The van der Waals surface area contributed by atoms with Crippen LogP contribution in [0.4, 0.5) is 0 Å². The predicted octanol–water partition coefficient (Wildman–Crippen LogP) is 3.23. The van der Waals surface area contributed by atoms with Crippen LogP contribution in [0.15, 0.2) is 39.9 Å². The Kier molecular flexibility index (Phi) is 4.85. The first-order valence-corrected chi connectivity index (χ1v) is 8.79. The lowest BCUT2D eigenvalue weighted by atomic mass is 10.2. The fourth-order valence-electron chi connectivity index (χ4n) is 2.64. The number of ether oxygens (including phenoxy) is 1. The topological polar surface area (TPSA) is 64.1 Å². The quantitative estimate of drug-likeness (QED) is 0.698. The molecule has 1 aromatic carbocycles. The van der Waals surface area contributed by atoms with Gasteiger partial charge < -0.3 is 4.74 Å². The minimum atomic E-state index is -0.339. The van der Waals surface area contributed by atoms with Crippen LogP contribution in [0.25, 0.3) is 10.2 Å². The summed E-state index contributed by atoms with van der Waals surface area (Å²) < 4.78 is 6.97. The lowest BCUT2D eigenvalue weighted by Gasteiger charge is -2.07. The third kappa shape index (κ3) is 3.59. The van der Waals surface area contributed by atoms with E-state index in [9.17, 15) is 9.59 Å². The van der Waals surface area contributed by atoms with E-state index in [2.05, 4.69) is 4.98 Å². The molecule has 0 atom stereocenters. The van der Waals surface area contributed by atoms with E-state index >= 15 is 0 Å². The van der Waals surface area contributed by atoms with Crippen LogP contribution in [-0.2, 0) is 6.54 Å². The molecule has 2 heterocycles. The second-order valence-corrected chi connectivity index (χ2v) is 7.12. The van der Waals surface area contributed by atoms with Crippen molar-refractivity contribution in [3.8, 4) is 5.75 Å². The summed E-state index contributed by atoms with van der Waals surface area (Å²) in [7, 11) is 0. The van der Waals surface area contributed by atoms with Crippen LogP contribution in [0.3, 0.4) is 0 Å². The highest BCUT2D eigenvalue weighted by molar-refractivity contribution is 7.18. The van der Waals surface area contributed by atoms with Gasteiger partial charge in [-0.3, -0.25) is 14.3 Å². The van der Waals surface area contributed by atoms with Gasteiger partial charge in [0.1, 0.15) is 10.6 Å². The molecular weight excluding hydrogens is 324 g/mol. The first kappa shape index (κ1) is 16.5. The smallest absolute Gasteiger partial charge is 0.329 e. The number of nitrogens with one attached hydrogen (secondary N) is 1. The van der Waals surface area contributed by atoms with Crippen molar-refractivity contribution in [1.82, 2.24) is 9.55 Å². The van der Waals surface area contributed by atoms with Crippen molar-refractivity contribution in [3.05, 3.63) is 61.6 Å². The third-order valence-electron chi connectivity index (χ3n) is 3.83. The van der Waals surface area contributed by atoms with Crippen LogP contribution < -0.4 is 16.0 Å². The predicted molar refractivity (Wildman–Crippen MR) is 97.4 cm³/mol. The van der Waals surface area contributed by atoms with Crippen LogP contribution in [0.1, 0.15) is 23.3 Å². The van der Waals surface area contributed by atoms with E-state index in [0.29, 0.717) is 29.8 Å². The zero-order valence-corrected chi connectivity index (χ0v) is 14.6. The summed E-state index contributed by atoms with van der Waals surface area (Å²) in [5, 5.41) is 0.591. The molecule has 24 heavy (non-hydrogen) atoms. The molecule has 6 heteroatoms. The van der Waals surface area contributed by atoms with Gasteiger partial charge in [0.25, 0.3) is 5.56 Å². The van der Waals surface area contributed by atoms with Gasteiger partial charge in [-0.1, -0.05) is 12.1 Å². The van der Waals surface area contributed by atoms with Crippen LogP contribution in [0.5, 0.6) is 5.75 Å². The molecule has 0 fully saturated rings. The largest absolute Gasteiger partial charge is 0.494 e. The van der Waals surface area contributed by atoms with Crippen LogP contribution in [0, 0.1) is 13.8 Å². The van der Waals surface area contributed by atoms with Crippen LogP contribution in [-0.4, -0.2) is 16.2 Å². The second-order valence-electron chi connectivity index (χ2n) is 5.86. The summed E-state index contributed by atoms with van der Waals surface area (Å²) in [6, 6.07) is 9.72. The lowest BCUT2D eigenvalue weighted by molar-refractivity contribution is 0.302. The van der Waals surface area contributed by atoms with Gasteiger partial charge in [0.05, 0.1) is 12.0 Å². The van der Waals surface area contributed by atoms with Crippen molar-refractivity contribution < 1.29 is 4.74 Å². The summed E-state index contributed by atoms with van der Waals surface area (Å²) >= 11 is 1.43. The summed E-state index contributed by atoms with van der Waals surface area (Å²) in [4.78, 5) is 28.9. The Morgan fingerprint density at radius 1 is 1.17 bits per heavy atom. The zero-order valence-electron chi connectivity index (χ0n) is 13.8. The van der Waals surface area contributed by atoms with Gasteiger partial charge in [0.15, 0.2) is 0 Å². The molecule has 0 aliphatic rings. The number of fused-ring (bicyclic) bond motifs is 1. The molecule has 0 unspecified atom stereocenters. The fraction of sp³-hybridized carbons (Fsp3) is 0.333. The Labute approximate surface area is 143 Å². The second kappa shape index (κ2) is 7.05. The number of hydrogen-bond donors (Lipinski definition) is 1. The van der Waals surface area contributed by atoms with Crippen molar-refractivity contribution in [2.24, 2.45) is 0 Å². The highest BCUT2D eigenvalue weighted by atomic mass is 32.1. The molecule has 0 bridgehead atoms. The molecule has 5 nitrogen and oxygen atoms in total. The maximum absolute atomic E-state index is 12.4. The van der Waals surface area contributed by atoms with Gasteiger partial charge in [0.2, 0.25) is 0 Å². The molecule has 0 radical (unpaired) electrons. The third-order valence-corrected chi connectivity index (χ3v) is 4.80. The number of thiophene rings is 1. The lowest BCUT2D eigenvalue weighted by Crippen LogP contribution is -2.34. The molecule has 2 aromatic heterocycles. The van der Waals surface area contributed by atoms with Gasteiger partial charge in [-0.05, 0) is 50.5 Å². The highest BCUT2D eigenvalue weighted by Gasteiger charge is 2.09. The number of rotatable bonds is 6. The van der Waals surface area contributed by atoms with Crippen molar-refractivity contribution in [2.75, 3.05) is 6.61 Å². The summed E-state index contributed by atoms with van der Waals surface area (Å²) in [6.07, 6.45) is 1.49. The molecule has 0 amide bonds. The number of aromatic nitrogens is 2. The van der Waals surface area contributed by atoms with Crippen molar-refractivity contribution in [1.29, 1.82) is 0 Å². The summed E-state index contributed by atoms with van der Waals surface area (Å²) in [5.41, 5.74) is 0.608. The first-order valence-electron chi connectivity index (χ1n) is 7.97. The number of hydrogen-bond acceptors (Lipinski definition) is 4. The molecule has 1 N–H and O–H groups in total. The fourth-order valence-corrected chi connectivity index (χ4v) is 3.53. The van der Waals surface area contributed by atoms with E-state index in [1.165, 1.54) is 15.9 Å². The molecule has 0 aliphatic heterocycles. The van der Waals surface area contributed by atoms with Crippen molar-refractivity contribution in [2.45, 2.75) is 33.2 Å². The Morgan fingerprint density at radius 2 is 2.00 bits per heavy atom. The molecule has 0 aliphatic carbocycles. The Balaban J connectivity index is 1.60. The number of nitrogens with zero attached hydrogens (tertiary/aromatic N) is 1. The minimum absolute atomic E-state index is 0.210. The molecule has 126 valence electrons. The number of unbranched alkanes of at least 4 members (excludes halogenated alkanes) is 1. The number of benzene rings is 1. The SMILES string of the molecule is Cc1cccc(OCCCCn2c(=O)[nH]c3sc(C)cc3c2=O)c1. The summed E-state index contributed by atoms with van der Waals surface area (Å²) in [6.45, 7) is 4.91. The molecular formula is C18H20N2O3S. The monoisotopic (exact) mass is 344 g/mol. The standard InChI is InChI=1S/C18H20N2O3S/c1-12-6-5-7-14(10-12)23-9-4-3-8-20-17(21)15-11-13(2)24-16(15)19-18(20)22/h5-7,10-11H,3-4,8-9H2,1-2H3,(H,19,22). The van der Waals surface area contributed by atoms with Crippen LogP contribution in [0.2, 0.25) is 0 Å². The van der Waals surface area contributed by atoms with E-state index in [0.717, 1.165) is 22.6 Å². The highest BCUT2D eigenvalue weighted by Crippen LogP contribution is 2.18. The molecule has 3 aromatic rings. The summed E-state index contributed by atoms with van der Waals surface area (Å²) in [5.74, 6) is 0.847. The molecule has 0 saturated heterocycles. The normalized spacial score (nSPS) is 11.1. The molecule has 0 saturated carbocycles. The van der Waals surface area contributed by atoms with E-state index in [-0.39, 0.29) is 11.2 Å². The van der Waals surface area contributed by atoms with E-state index in [4.69, 9.17) is 4.74 Å². The Bertz CT molecular complexity index is 968. The average molecular weight is 344 g/mol. The van der Waals surface area contributed by atoms with Gasteiger partial charge in [-0.25, -0.2) is 4.79 Å². The van der Waals surface area contributed by atoms with Gasteiger partial charge in [0, 0.05) is 11.4 Å². The van der Waals surface area contributed by atoms with E-state index in [1.807, 2.05) is 44.2 Å². The molecule has 0 spiro atoms. The number of aryl methyl sites for hydroxylation is 2. The number of aromatic amines is 1. The van der Waals surface area contributed by atoms with Crippen molar-refractivity contribution in [3.63, 3.8) is 0 Å². The Morgan fingerprint density at radius 3 is 2.79 bits per heavy atom. The maximum atomic E-state index is 12.4. The zero-order chi connectivity index (χ0) is 17.1. The molecule has 3 rings (SSSR count). The first-order chi connectivity index (χ1) is 11.5. The van der Waals surface area contributed by atoms with Gasteiger partial charge in [-0.2, -0.15) is 0 Å². The Hall–Kier alpha value is -2.34. The van der Waals surface area contributed by atoms with Crippen LogP contribution >= 0.6 is 11.3 Å². The van der Waals surface area contributed by atoms with Gasteiger partial charge >= 0.3 is 5.69 Å². The van der Waals surface area contributed by atoms with Gasteiger partial charge in [-0.15, -0.1) is 11.3 Å². The number of H-pyrrole nitrogens is 1. The van der Waals surface area contributed by atoms with E-state index in [1.54, 1.807) is 0 Å². The minimum Gasteiger partial charge on any atom is -0.494 e.